The zero-order valence-corrected chi connectivity index (χ0v) is 20.0. The van der Waals surface area contributed by atoms with Crippen molar-refractivity contribution >= 4 is 33.1 Å². The van der Waals surface area contributed by atoms with Crippen molar-refractivity contribution in [1.82, 2.24) is 0 Å². The fraction of sp³-hybridized carbons (Fsp3) is 0.0741. The molecule has 0 saturated carbocycles. The summed E-state index contributed by atoms with van der Waals surface area (Å²) in [5, 5.41) is 15.0. The lowest BCUT2D eigenvalue weighted by Crippen LogP contribution is -2.33. The van der Waals surface area contributed by atoms with Gasteiger partial charge < -0.3 is 15.7 Å². The van der Waals surface area contributed by atoms with Gasteiger partial charge in [0.05, 0.1) is 23.7 Å². The van der Waals surface area contributed by atoms with Crippen LogP contribution in [0.3, 0.4) is 0 Å². The molecule has 36 heavy (non-hydrogen) atoms. The lowest BCUT2D eigenvalue weighted by Gasteiger charge is -2.24. The van der Waals surface area contributed by atoms with E-state index in [0.29, 0.717) is 28.2 Å². The van der Waals surface area contributed by atoms with Crippen LogP contribution in [0.5, 0.6) is 0 Å². The summed E-state index contributed by atoms with van der Waals surface area (Å²) >= 11 is 0. The summed E-state index contributed by atoms with van der Waals surface area (Å²) in [5.41, 5.74) is 2.71. The number of para-hydroxylation sites is 1. The van der Waals surface area contributed by atoms with E-state index in [0.717, 1.165) is 4.31 Å². The SMILES string of the molecule is O=C(Nc1ccccc1)Nc1ccc(N(CCO)S(=O)(=O)c2cccc(-c3ccc(F)cc3)c2)cc1. The second-order valence-corrected chi connectivity index (χ2v) is 9.69. The number of amides is 2. The van der Waals surface area contributed by atoms with Gasteiger partial charge in [-0.3, -0.25) is 4.31 Å². The lowest BCUT2D eigenvalue weighted by molar-refractivity contribution is 0.262. The average molecular weight is 506 g/mol. The molecule has 0 aliphatic rings. The van der Waals surface area contributed by atoms with Gasteiger partial charge in [-0.05, 0) is 71.8 Å². The molecule has 2 amide bonds. The second kappa shape index (κ2) is 11.0. The number of carbonyl (C=O) groups excluding carboxylic acids is 1. The first kappa shape index (κ1) is 24.9. The molecule has 0 unspecified atom stereocenters. The Kier molecular flexibility index (Phi) is 7.62. The molecule has 0 aliphatic carbocycles. The van der Waals surface area contributed by atoms with E-state index in [9.17, 15) is 22.7 Å². The summed E-state index contributed by atoms with van der Waals surface area (Å²) in [6, 6.07) is 26.9. The molecule has 0 heterocycles. The van der Waals surface area contributed by atoms with Crippen LogP contribution in [-0.4, -0.2) is 32.7 Å². The first-order chi connectivity index (χ1) is 17.4. The largest absolute Gasteiger partial charge is 0.394 e. The van der Waals surface area contributed by atoms with Crippen molar-refractivity contribution in [1.29, 1.82) is 0 Å². The van der Waals surface area contributed by atoms with Gasteiger partial charge in [0.15, 0.2) is 0 Å². The summed E-state index contributed by atoms with van der Waals surface area (Å²) < 4.78 is 41.4. The summed E-state index contributed by atoms with van der Waals surface area (Å²) in [6.07, 6.45) is 0. The van der Waals surface area contributed by atoms with Gasteiger partial charge in [-0.15, -0.1) is 0 Å². The number of aliphatic hydroxyl groups is 1. The molecule has 4 aromatic carbocycles. The van der Waals surface area contributed by atoms with E-state index >= 15 is 0 Å². The Labute approximate surface area is 208 Å². The van der Waals surface area contributed by atoms with Crippen LogP contribution in [0.2, 0.25) is 0 Å². The van der Waals surface area contributed by atoms with Gasteiger partial charge in [0.25, 0.3) is 10.0 Å². The molecule has 0 radical (unpaired) electrons. The Balaban J connectivity index is 1.55. The number of carbonyl (C=O) groups is 1. The predicted molar refractivity (Wildman–Crippen MR) is 139 cm³/mol. The first-order valence-electron chi connectivity index (χ1n) is 11.1. The van der Waals surface area contributed by atoms with Crippen LogP contribution < -0.4 is 14.9 Å². The number of hydrogen-bond acceptors (Lipinski definition) is 4. The zero-order chi connectivity index (χ0) is 25.5. The second-order valence-electron chi connectivity index (χ2n) is 7.83. The number of nitrogens with zero attached hydrogens (tertiary/aromatic N) is 1. The number of benzene rings is 4. The van der Waals surface area contributed by atoms with Crippen molar-refractivity contribution in [3.63, 3.8) is 0 Å². The fourth-order valence-corrected chi connectivity index (χ4v) is 5.11. The Hall–Kier alpha value is -4.21. The van der Waals surface area contributed by atoms with Crippen molar-refractivity contribution in [3.05, 3.63) is 109 Å². The first-order valence-corrected chi connectivity index (χ1v) is 12.5. The van der Waals surface area contributed by atoms with Gasteiger partial charge in [-0.2, -0.15) is 0 Å². The highest BCUT2D eigenvalue weighted by atomic mass is 32.2. The molecule has 4 rings (SSSR count). The zero-order valence-electron chi connectivity index (χ0n) is 19.1. The molecular weight excluding hydrogens is 481 g/mol. The molecule has 3 N–H and O–H groups in total. The molecule has 0 aliphatic heterocycles. The molecule has 0 aromatic heterocycles. The normalized spacial score (nSPS) is 11.1. The lowest BCUT2D eigenvalue weighted by atomic mass is 10.1. The minimum atomic E-state index is -4.03. The number of anilines is 3. The van der Waals surface area contributed by atoms with E-state index in [1.54, 1.807) is 72.8 Å². The van der Waals surface area contributed by atoms with E-state index in [2.05, 4.69) is 10.6 Å². The minimum Gasteiger partial charge on any atom is -0.394 e. The summed E-state index contributed by atoms with van der Waals surface area (Å²) in [6.45, 7) is -0.555. The maximum absolute atomic E-state index is 13.5. The number of rotatable bonds is 8. The smallest absolute Gasteiger partial charge is 0.323 e. The van der Waals surface area contributed by atoms with Crippen molar-refractivity contribution in [2.45, 2.75) is 4.90 Å². The van der Waals surface area contributed by atoms with E-state index in [4.69, 9.17) is 0 Å². The van der Waals surface area contributed by atoms with Crippen molar-refractivity contribution < 1.29 is 22.7 Å². The van der Waals surface area contributed by atoms with Gasteiger partial charge >= 0.3 is 6.03 Å². The highest BCUT2D eigenvalue weighted by Gasteiger charge is 2.25. The Morgan fingerprint density at radius 2 is 1.42 bits per heavy atom. The molecule has 7 nitrogen and oxygen atoms in total. The van der Waals surface area contributed by atoms with Crippen molar-refractivity contribution in [2.75, 3.05) is 28.1 Å². The minimum absolute atomic E-state index is 0.0298. The Morgan fingerprint density at radius 1 is 0.778 bits per heavy atom. The number of sulfonamides is 1. The third-order valence-corrected chi connectivity index (χ3v) is 7.17. The maximum atomic E-state index is 13.5. The molecule has 9 heteroatoms. The van der Waals surface area contributed by atoms with E-state index < -0.39 is 22.7 Å². The quantitative estimate of drug-likeness (QED) is 0.302. The number of halogens is 1. The molecule has 184 valence electrons. The predicted octanol–water partition coefficient (Wildman–Crippen LogP) is 5.32. The topological polar surface area (TPSA) is 98.7 Å². The third kappa shape index (κ3) is 5.88. The van der Waals surface area contributed by atoms with Crippen LogP contribution in [0.1, 0.15) is 0 Å². The molecule has 4 aromatic rings. The number of aliphatic hydroxyl groups excluding tert-OH is 1. The summed E-state index contributed by atoms with van der Waals surface area (Å²) in [7, 11) is -4.03. The van der Waals surface area contributed by atoms with Crippen LogP contribution in [0.25, 0.3) is 11.1 Å². The monoisotopic (exact) mass is 505 g/mol. The molecule has 0 spiro atoms. The van der Waals surface area contributed by atoms with Gasteiger partial charge in [0, 0.05) is 11.4 Å². The molecule has 0 saturated heterocycles. The van der Waals surface area contributed by atoms with Crippen LogP contribution in [0.15, 0.2) is 108 Å². The van der Waals surface area contributed by atoms with Gasteiger partial charge in [-0.1, -0.05) is 42.5 Å². The van der Waals surface area contributed by atoms with Crippen LogP contribution in [0, 0.1) is 5.82 Å². The Morgan fingerprint density at radius 3 is 2.06 bits per heavy atom. The Bertz CT molecular complexity index is 1430. The molecule has 0 fully saturated rings. The van der Waals surface area contributed by atoms with E-state index in [-0.39, 0.29) is 17.3 Å². The molecule has 0 bridgehead atoms. The number of urea groups is 1. The van der Waals surface area contributed by atoms with Crippen LogP contribution >= 0.6 is 0 Å². The van der Waals surface area contributed by atoms with Gasteiger partial charge in [-0.25, -0.2) is 17.6 Å². The number of nitrogens with one attached hydrogen (secondary N) is 2. The highest BCUT2D eigenvalue weighted by Crippen LogP contribution is 2.28. The molecular formula is C27H24FN3O4S. The van der Waals surface area contributed by atoms with E-state index in [1.165, 1.54) is 24.3 Å². The summed E-state index contributed by atoms with van der Waals surface area (Å²) in [5.74, 6) is -0.382. The highest BCUT2D eigenvalue weighted by molar-refractivity contribution is 7.92. The van der Waals surface area contributed by atoms with Gasteiger partial charge in [0.1, 0.15) is 5.82 Å². The van der Waals surface area contributed by atoms with Crippen LogP contribution in [-0.2, 0) is 10.0 Å². The van der Waals surface area contributed by atoms with Crippen LogP contribution in [0.4, 0.5) is 26.2 Å². The van der Waals surface area contributed by atoms with Crippen molar-refractivity contribution in [2.24, 2.45) is 0 Å². The van der Waals surface area contributed by atoms with Crippen molar-refractivity contribution in [3.8, 4) is 11.1 Å². The fourth-order valence-electron chi connectivity index (χ4n) is 3.61. The standard InChI is InChI=1S/C27H24FN3O4S/c28-22-11-9-20(10-12-22)21-5-4-8-26(19-21)36(34,35)31(17-18-32)25-15-13-24(14-16-25)30-27(33)29-23-6-2-1-3-7-23/h1-16,19,32H,17-18H2,(H2,29,30,33). The average Bonchev–Trinajstić information content (AvgIpc) is 2.89. The molecule has 0 atom stereocenters. The van der Waals surface area contributed by atoms with Gasteiger partial charge in [0.2, 0.25) is 0 Å². The summed E-state index contributed by atoms with van der Waals surface area (Å²) in [4.78, 5) is 12.3. The number of hydrogen-bond donors (Lipinski definition) is 3. The third-order valence-electron chi connectivity index (χ3n) is 5.35. The van der Waals surface area contributed by atoms with E-state index in [1.807, 2.05) is 6.07 Å². The maximum Gasteiger partial charge on any atom is 0.323 e.